The quantitative estimate of drug-likeness (QED) is 0.561. The average Bonchev–Trinajstić information content (AvgIpc) is 2.94. The largest absolute Gasteiger partial charge is 0.329 e. The third-order valence-corrected chi connectivity index (χ3v) is 4.46. The zero-order valence-corrected chi connectivity index (χ0v) is 13.2. The molecule has 1 unspecified atom stereocenters. The molecule has 3 heteroatoms. The van der Waals surface area contributed by atoms with Crippen LogP contribution in [0.4, 0.5) is 0 Å². The Morgan fingerprint density at radius 2 is 1.89 bits per heavy atom. The maximum atomic E-state index is 5.83. The van der Waals surface area contributed by atoms with E-state index in [0.29, 0.717) is 6.04 Å². The van der Waals surface area contributed by atoms with E-state index in [-0.39, 0.29) is 0 Å². The van der Waals surface area contributed by atoms with Gasteiger partial charge < -0.3 is 11.1 Å². The molecule has 1 heterocycles. The minimum Gasteiger partial charge on any atom is -0.329 e. The molecule has 0 aliphatic rings. The molecule has 110 valence electrons. The van der Waals surface area contributed by atoms with Gasteiger partial charge in [0.2, 0.25) is 0 Å². The van der Waals surface area contributed by atoms with Crippen LogP contribution in [-0.4, -0.2) is 12.6 Å². The second kappa shape index (κ2) is 11.4. The third kappa shape index (κ3) is 8.40. The van der Waals surface area contributed by atoms with Crippen LogP contribution < -0.4 is 11.1 Å². The van der Waals surface area contributed by atoms with Crippen molar-refractivity contribution in [3.05, 3.63) is 22.4 Å². The Morgan fingerprint density at radius 1 is 1.16 bits per heavy atom. The lowest BCUT2D eigenvalue weighted by molar-refractivity contribution is 0.458. The van der Waals surface area contributed by atoms with Crippen LogP contribution in [0.15, 0.2) is 17.5 Å². The summed E-state index contributed by atoms with van der Waals surface area (Å²) in [5, 5.41) is 5.70. The molecule has 1 rings (SSSR count). The minimum atomic E-state index is 0.484. The highest BCUT2D eigenvalue weighted by atomic mass is 32.1. The van der Waals surface area contributed by atoms with E-state index in [9.17, 15) is 0 Å². The van der Waals surface area contributed by atoms with Gasteiger partial charge in [-0.25, -0.2) is 0 Å². The number of thiophene rings is 1. The van der Waals surface area contributed by atoms with Gasteiger partial charge >= 0.3 is 0 Å². The van der Waals surface area contributed by atoms with E-state index < -0.39 is 0 Å². The van der Waals surface area contributed by atoms with Gasteiger partial charge in [0.05, 0.1) is 0 Å². The fourth-order valence-electron chi connectivity index (χ4n) is 2.31. The normalized spacial score (nSPS) is 12.7. The molecule has 1 aromatic heterocycles. The highest BCUT2D eigenvalue weighted by Gasteiger charge is 2.05. The second-order valence-electron chi connectivity index (χ2n) is 5.30. The van der Waals surface area contributed by atoms with Crippen molar-refractivity contribution in [2.24, 2.45) is 5.73 Å². The van der Waals surface area contributed by atoms with Gasteiger partial charge in [0.15, 0.2) is 0 Å². The zero-order valence-electron chi connectivity index (χ0n) is 12.4. The van der Waals surface area contributed by atoms with Crippen LogP contribution in [0.5, 0.6) is 0 Å². The summed E-state index contributed by atoms with van der Waals surface area (Å²) in [5.41, 5.74) is 5.83. The third-order valence-electron chi connectivity index (χ3n) is 3.59. The van der Waals surface area contributed by atoms with Crippen LogP contribution in [0.2, 0.25) is 0 Å². The van der Waals surface area contributed by atoms with E-state index >= 15 is 0 Å². The van der Waals surface area contributed by atoms with Crippen molar-refractivity contribution in [3.63, 3.8) is 0 Å². The SMILES string of the molecule is CCCCCCCCCC(CN)NCc1cccs1. The van der Waals surface area contributed by atoms with Gasteiger partial charge in [-0.2, -0.15) is 0 Å². The van der Waals surface area contributed by atoms with Crippen LogP contribution in [0, 0.1) is 0 Å². The summed E-state index contributed by atoms with van der Waals surface area (Å²) in [4.78, 5) is 1.40. The summed E-state index contributed by atoms with van der Waals surface area (Å²) in [6, 6.07) is 4.77. The molecular weight excluding hydrogens is 252 g/mol. The van der Waals surface area contributed by atoms with E-state index in [4.69, 9.17) is 5.73 Å². The molecule has 3 N–H and O–H groups in total. The number of hydrogen-bond donors (Lipinski definition) is 2. The molecule has 2 nitrogen and oxygen atoms in total. The highest BCUT2D eigenvalue weighted by Crippen LogP contribution is 2.11. The summed E-state index contributed by atoms with van der Waals surface area (Å²) >= 11 is 1.81. The fraction of sp³-hybridized carbons (Fsp3) is 0.750. The standard InChI is InChI=1S/C16H30N2S/c1-2-3-4-5-6-7-8-10-15(13-17)18-14-16-11-9-12-19-16/h9,11-12,15,18H,2-8,10,13-14,17H2,1H3. The van der Waals surface area contributed by atoms with Gasteiger partial charge in [0.25, 0.3) is 0 Å². The van der Waals surface area contributed by atoms with Gasteiger partial charge in [-0.3, -0.25) is 0 Å². The van der Waals surface area contributed by atoms with E-state index in [2.05, 4.69) is 29.8 Å². The van der Waals surface area contributed by atoms with E-state index in [1.165, 1.54) is 56.2 Å². The molecule has 0 aliphatic carbocycles. The molecular formula is C16H30N2S. The predicted octanol–water partition coefficient (Wildman–Crippen LogP) is 4.31. The number of unbranched alkanes of at least 4 members (excludes halogenated alkanes) is 6. The lowest BCUT2D eigenvalue weighted by Gasteiger charge is -2.16. The summed E-state index contributed by atoms with van der Waals surface area (Å²) in [7, 11) is 0. The Morgan fingerprint density at radius 3 is 2.53 bits per heavy atom. The Balaban J connectivity index is 1.99. The maximum Gasteiger partial charge on any atom is 0.0302 e. The van der Waals surface area contributed by atoms with Crippen molar-refractivity contribution >= 4 is 11.3 Å². The molecule has 1 atom stereocenters. The van der Waals surface area contributed by atoms with Crippen LogP contribution in [-0.2, 0) is 6.54 Å². The molecule has 0 aromatic carbocycles. The van der Waals surface area contributed by atoms with Gasteiger partial charge in [-0.05, 0) is 17.9 Å². The number of rotatable bonds is 12. The first-order chi connectivity index (χ1) is 9.36. The average molecular weight is 282 g/mol. The Hall–Kier alpha value is -0.380. The van der Waals surface area contributed by atoms with Crippen molar-refractivity contribution in [3.8, 4) is 0 Å². The molecule has 0 bridgehead atoms. The first-order valence-electron chi connectivity index (χ1n) is 7.82. The lowest BCUT2D eigenvalue weighted by Crippen LogP contribution is -2.35. The predicted molar refractivity (Wildman–Crippen MR) is 86.6 cm³/mol. The summed E-state index contributed by atoms with van der Waals surface area (Å²) in [6.07, 6.45) is 10.8. The van der Waals surface area contributed by atoms with E-state index in [1.54, 1.807) is 0 Å². The van der Waals surface area contributed by atoms with Crippen molar-refractivity contribution in [2.45, 2.75) is 70.9 Å². The number of hydrogen-bond acceptors (Lipinski definition) is 3. The molecule has 0 saturated heterocycles. The zero-order chi connectivity index (χ0) is 13.8. The Kier molecular flexibility index (Phi) is 10.0. The Labute approximate surface area is 122 Å². The summed E-state index contributed by atoms with van der Waals surface area (Å²) in [6.45, 7) is 3.99. The minimum absolute atomic E-state index is 0.484. The molecule has 0 fully saturated rings. The highest BCUT2D eigenvalue weighted by molar-refractivity contribution is 7.09. The lowest BCUT2D eigenvalue weighted by atomic mass is 10.1. The van der Waals surface area contributed by atoms with Crippen LogP contribution >= 0.6 is 11.3 Å². The van der Waals surface area contributed by atoms with Gasteiger partial charge in [-0.15, -0.1) is 11.3 Å². The number of nitrogens with two attached hydrogens (primary N) is 1. The van der Waals surface area contributed by atoms with Crippen molar-refractivity contribution < 1.29 is 0 Å². The van der Waals surface area contributed by atoms with Gasteiger partial charge in [0.1, 0.15) is 0 Å². The van der Waals surface area contributed by atoms with Crippen molar-refractivity contribution in [1.29, 1.82) is 0 Å². The molecule has 0 spiro atoms. The smallest absolute Gasteiger partial charge is 0.0302 e. The maximum absolute atomic E-state index is 5.83. The summed E-state index contributed by atoms with van der Waals surface area (Å²) < 4.78 is 0. The summed E-state index contributed by atoms with van der Waals surface area (Å²) in [5.74, 6) is 0. The molecule has 1 aromatic rings. The van der Waals surface area contributed by atoms with Crippen LogP contribution in [0.1, 0.15) is 63.2 Å². The van der Waals surface area contributed by atoms with E-state index in [1.807, 2.05) is 11.3 Å². The molecule has 0 saturated carbocycles. The van der Waals surface area contributed by atoms with Gasteiger partial charge in [0, 0.05) is 24.0 Å². The van der Waals surface area contributed by atoms with Crippen molar-refractivity contribution in [1.82, 2.24) is 5.32 Å². The molecule has 0 aliphatic heterocycles. The first-order valence-corrected chi connectivity index (χ1v) is 8.70. The van der Waals surface area contributed by atoms with E-state index in [0.717, 1.165) is 13.1 Å². The molecule has 0 radical (unpaired) electrons. The fourth-order valence-corrected chi connectivity index (χ4v) is 2.96. The Bertz CT molecular complexity index is 285. The van der Waals surface area contributed by atoms with Gasteiger partial charge in [-0.1, -0.05) is 57.9 Å². The van der Waals surface area contributed by atoms with Crippen LogP contribution in [0.3, 0.4) is 0 Å². The van der Waals surface area contributed by atoms with Crippen LogP contribution in [0.25, 0.3) is 0 Å². The molecule has 19 heavy (non-hydrogen) atoms. The molecule has 0 amide bonds. The number of nitrogens with one attached hydrogen (secondary N) is 1. The first kappa shape index (κ1) is 16.7. The van der Waals surface area contributed by atoms with Crippen molar-refractivity contribution in [2.75, 3.05) is 6.54 Å². The monoisotopic (exact) mass is 282 g/mol. The second-order valence-corrected chi connectivity index (χ2v) is 6.34. The topological polar surface area (TPSA) is 38.0 Å².